The lowest BCUT2D eigenvalue weighted by molar-refractivity contribution is -0.116. The SMILES string of the molecule is Cc1ccc(NC(=O)CC(C)C)cc1NC(=O)c1ccnc(-n2cnnc2)c1. The number of carbonyl (C=O) groups is 2. The second kappa shape index (κ2) is 8.43. The van der Waals surface area contributed by atoms with Gasteiger partial charge in [-0.15, -0.1) is 10.2 Å². The molecule has 0 fully saturated rings. The molecule has 3 aromatic rings. The number of nitrogens with one attached hydrogen (secondary N) is 2. The minimum absolute atomic E-state index is 0.0520. The van der Waals surface area contributed by atoms with Crippen LogP contribution in [0, 0.1) is 12.8 Å². The third kappa shape index (κ3) is 4.79. The van der Waals surface area contributed by atoms with Gasteiger partial charge >= 0.3 is 0 Å². The summed E-state index contributed by atoms with van der Waals surface area (Å²) in [5.74, 6) is 0.495. The van der Waals surface area contributed by atoms with Crippen molar-refractivity contribution in [2.24, 2.45) is 5.92 Å². The molecule has 8 heteroatoms. The van der Waals surface area contributed by atoms with Crippen molar-refractivity contribution in [2.75, 3.05) is 10.6 Å². The molecule has 0 spiro atoms. The molecule has 0 aliphatic rings. The summed E-state index contributed by atoms with van der Waals surface area (Å²) in [6, 6.07) is 8.72. The Balaban J connectivity index is 1.76. The van der Waals surface area contributed by atoms with Gasteiger partial charge in [0.15, 0.2) is 0 Å². The smallest absolute Gasteiger partial charge is 0.255 e. The van der Waals surface area contributed by atoms with Gasteiger partial charge in [-0.25, -0.2) is 4.98 Å². The maximum atomic E-state index is 12.7. The quantitative estimate of drug-likeness (QED) is 0.686. The molecule has 144 valence electrons. The minimum Gasteiger partial charge on any atom is -0.326 e. The van der Waals surface area contributed by atoms with Crippen LogP contribution in [-0.4, -0.2) is 31.6 Å². The lowest BCUT2D eigenvalue weighted by Crippen LogP contribution is -2.16. The molecule has 0 saturated carbocycles. The number of hydrogen-bond acceptors (Lipinski definition) is 5. The van der Waals surface area contributed by atoms with Crippen molar-refractivity contribution in [3.63, 3.8) is 0 Å². The molecule has 0 atom stereocenters. The molecule has 0 bridgehead atoms. The molecule has 3 rings (SSSR count). The van der Waals surface area contributed by atoms with Crippen LogP contribution >= 0.6 is 0 Å². The second-order valence-corrected chi connectivity index (χ2v) is 6.90. The Hall–Kier alpha value is -3.55. The summed E-state index contributed by atoms with van der Waals surface area (Å²) >= 11 is 0. The van der Waals surface area contributed by atoms with Gasteiger partial charge in [-0.3, -0.25) is 14.2 Å². The maximum Gasteiger partial charge on any atom is 0.255 e. The van der Waals surface area contributed by atoms with Crippen molar-refractivity contribution >= 4 is 23.2 Å². The Labute approximate surface area is 163 Å². The molecule has 2 N–H and O–H groups in total. The Kier molecular flexibility index (Phi) is 5.78. The van der Waals surface area contributed by atoms with Crippen LogP contribution in [0.1, 0.15) is 36.2 Å². The first-order valence-corrected chi connectivity index (χ1v) is 8.95. The number of amides is 2. The van der Waals surface area contributed by atoms with E-state index < -0.39 is 0 Å². The second-order valence-electron chi connectivity index (χ2n) is 6.90. The summed E-state index contributed by atoms with van der Waals surface area (Å²) in [5.41, 5.74) is 2.62. The van der Waals surface area contributed by atoms with Gasteiger partial charge in [0.1, 0.15) is 18.5 Å². The maximum absolute atomic E-state index is 12.7. The van der Waals surface area contributed by atoms with E-state index in [9.17, 15) is 9.59 Å². The van der Waals surface area contributed by atoms with E-state index in [1.807, 2.05) is 32.9 Å². The van der Waals surface area contributed by atoms with Gasteiger partial charge in [-0.05, 0) is 42.7 Å². The molecule has 2 heterocycles. The Morgan fingerprint density at radius 2 is 1.82 bits per heavy atom. The van der Waals surface area contributed by atoms with Crippen LogP contribution in [0.25, 0.3) is 5.82 Å². The topological polar surface area (TPSA) is 102 Å². The molecule has 0 radical (unpaired) electrons. The normalized spacial score (nSPS) is 10.7. The monoisotopic (exact) mass is 378 g/mol. The van der Waals surface area contributed by atoms with Gasteiger partial charge in [0.05, 0.1) is 0 Å². The van der Waals surface area contributed by atoms with E-state index in [2.05, 4.69) is 25.8 Å². The van der Waals surface area contributed by atoms with Crippen LogP contribution in [0.15, 0.2) is 49.2 Å². The summed E-state index contributed by atoms with van der Waals surface area (Å²) in [4.78, 5) is 28.9. The van der Waals surface area contributed by atoms with E-state index in [-0.39, 0.29) is 17.7 Å². The summed E-state index contributed by atoms with van der Waals surface area (Å²) in [6.45, 7) is 5.87. The number of benzene rings is 1. The minimum atomic E-state index is -0.273. The average molecular weight is 378 g/mol. The molecule has 2 amide bonds. The fourth-order valence-corrected chi connectivity index (χ4v) is 2.63. The Bertz CT molecular complexity index is 982. The first-order chi connectivity index (χ1) is 13.4. The highest BCUT2D eigenvalue weighted by molar-refractivity contribution is 6.05. The van der Waals surface area contributed by atoms with Crippen molar-refractivity contribution in [3.05, 3.63) is 60.3 Å². The van der Waals surface area contributed by atoms with Crippen LogP contribution in [-0.2, 0) is 4.79 Å². The lowest BCUT2D eigenvalue weighted by Gasteiger charge is -2.12. The zero-order valence-electron chi connectivity index (χ0n) is 16.0. The fourth-order valence-electron chi connectivity index (χ4n) is 2.63. The third-order valence-electron chi connectivity index (χ3n) is 4.05. The van der Waals surface area contributed by atoms with Crippen molar-refractivity contribution in [1.29, 1.82) is 0 Å². The number of hydrogen-bond donors (Lipinski definition) is 2. The molecule has 0 saturated heterocycles. The zero-order chi connectivity index (χ0) is 20.1. The number of carbonyl (C=O) groups excluding carboxylic acids is 2. The first-order valence-electron chi connectivity index (χ1n) is 8.95. The molecule has 0 unspecified atom stereocenters. The summed E-state index contributed by atoms with van der Waals surface area (Å²) in [5, 5.41) is 13.2. The van der Waals surface area contributed by atoms with Crippen molar-refractivity contribution in [3.8, 4) is 5.82 Å². The number of rotatable bonds is 6. The van der Waals surface area contributed by atoms with Crippen LogP contribution in [0.5, 0.6) is 0 Å². The number of aromatic nitrogens is 4. The van der Waals surface area contributed by atoms with Crippen molar-refractivity contribution in [2.45, 2.75) is 27.2 Å². The van der Waals surface area contributed by atoms with Gasteiger partial charge in [-0.2, -0.15) is 0 Å². The van der Waals surface area contributed by atoms with Crippen LogP contribution < -0.4 is 10.6 Å². The fraction of sp³-hybridized carbons (Fsp3) is 0.250. The Morgan fingerprint density at radius 3 is 2.54 bits per heavy atom. The van der Waals surface area contributed by atoms with Crippen LogP contribution in [0.4, 0.5) is 11.4 Å². The van der Waals surface area contributed by atoms with E-state index in [4.69, 9.17) is 0 Å². The third-order valence-corrected chi connectivity index (χ3v) is 4.05. The Morgan fingerprint density at radius 1 is 1.07 bits per heavy atom. The molecule has 2 aromatic heterocycles. The molecule has 28 heavy (non-hydrogen) atoms. The van der Waals surface area contributed by atoms with Gasteiger partial charge in [0, 0.05) is 29.6 Å². The average Bonchev–Trinajstić information content (AvgIpc) is 3.18. The zero-order valence-corrected chi connectivity index (χ0v) is 16.0. The number of aryl methyl sites for hydroxylation is 1. The predicted molar refractivity (Wildman–Crippen MR) is 106 cm³/mol. The lowest BCUT2D eigenvalue weighted by atomic mass is 10.1. The highest BCUT2D eigenvalue weighted by atomic mass is 16.2. The first kappa shape index (κ1) is 19.2. The van der Waals surface area contributed by atoms with E-state index >= 15 is 0 Å². The number of anilines is 2. The molecular formula is C20H22N6O2. The van der Waals surface area contributed by atoms with Gasteiger partial charge < -0.3 is 10.6 Å². The number of pyridine rings is 1. The van der Waals surface area contributed by atoms with Crippen LogP contribution in [0.2, 0.25) is 0 Å². The molecule has 0 aliphatic heterocycles. The number of nitrogens with zero attached hydrogens (tertiary/aromatic N) is 4. The van der Waals surface area contributed by atoms with Gasteiger partial charge in [-0.1, -0.05) is 19.9 Å². The molecular weight excluding hydrogens is 356 g/mol. The summed E-state index contributed by atoms with van der Waals surface area (Å²) in [6.07, 6.45) is 5.02. The predicted octanol–water partition coefficient (Wildman–Crippen LogP) is 3.21. The molecule has 8 nitrogen and oxygen atoms in total. The van der Waals surface area contributed by atoms with E-state index in [0.29, 0.717) is 29.2 Å². The van der Waals surface area contributed by atoms with E-state index in [1.165, 1.54) is 12.7 Å². The molecule has 1 aromatic carbocycles. The van der Waals surface area contributed by atoms with E-state index in [0.717, 1.165) is 5.56 Å². The largest absolute Gasteiger partial charge is 0.326 e. The van der Waals surface area contributed by atoms with Crippen molar-refractivity contribution in [1.82, 2.24) is 19.7 Å². The van der Waals surface area contributed by atoms with Gasteiger partial charge in [0.2, 0.25) is 5.91 Å². The molecule has 0 aliphatic carbocycles. The summed E-state index contributed by atoms with van der Waals surface area (Å²) in [7, 11) is 0. The van der Waals surface area contributed by atoms with Crippen LogP contribution in [0.3, 0.4) is 0 Å². The highest BCUT2D eigenvalue weighted by Crippen LogP contribution is 2.22. The standard InChI is InChI=1S/C20H22N6O2/c1-13(2)8-19(27)24-16-5-4-14(3)17(10-16)25-20(28)15-6-7-21-18(9-15)26-11-22-23-12-26/h4-7,9-13H,8H2,1-3H3,(H,24,27)(H,25,28). The van der Waals surface area contributed by atoms with Gasteiger partial charge in [0.25, 0.3) is 5.91 Å². The summed E-state index contributed by atoms with van der Waals surface area (Å²) < 4.78 is 1.62. The van der Waals surface area contributed by atoms with Crippen molar-refractivity contribution < 1.29 is 9.59 Å². The highest BCUT2D eigenvalue weighted by Gasteiger charge is 2.12. The van der Waals surface area contributed by atoms with E-state index in [1.54, 1.807) is 29.0 Å².